The molecule has 0 heterocycles. The predicted molar refractivity (Wildman–Crippen MR) is 65.0 cm³/mol. The predicted octanol–water partition coefficient (Wildman–Crippen LogP) is 4.91. The van der Waals surface area contributed by atoms with Gasteiger partial charge in [-0.05, 0) is 36.1 Å². The van der Waals surface area contributed by atoms with Crippen molar-refractivity contribution in [2.45, 2.75) is 12.2 Å². The molecule has 0 N–H and O–H groups in total. The number of halogens is 5. The molecule has 1 aromatic rings. The van der Waals surface area contributed by atoms with E-state index >= 15 is 0 Å². The maximum atomic E-state index is 13.4. The van der Waals surface area contributed by atoms with Crippen LogP contribution in [-0.4, -0.2) is 0 Å². The molecule has 1 unspecified atom stereocenters. The quantitative estimate of drug-likeness (QED) is 0.415. The van der Waals surface area contributed by atoms with Crippen molar-refractivity contribution in [3.05, 3.63) is 81.6 Å². The van der Waals surface area contributed by atoms with E-state index in [2.05, 4.69) is 16.3 Å². The Morgan fingerprint density at radius 2 is 1.76 bits per heavy atom. The first-order valence-electron chi connectivity index (χ1n) is 5.65. The molecule has 0 fully saturated rings. The van der Waals surface area contributed by atoms with Crippen molar-refractivity contribution in [1.82, 2.24) is 0 Å². The van der Waals surface area contributed by atoms with Crippen LogP contribution < -0.4 is 0 Å². The lowest BCUT2D eigenvalue weighted by molar-refractivity contribution is -0.137. The third-order valence-corrected chi connectivity index (χ3v) is 2.72. The Labute approximate surface area is 116 Å². The van der Waals surface area contributed by atoms with Gasteiger partial charge >= 0.3 is 6.18 Å². The summed E-state index contributed by atoms with van der Waals surface area (Å²) in [7, 11) is 0. The van der Waals surface area contributed by atoms with E-state index in [1.807, 2.05) is 0 Å². The van der Waals surface area contributed by atoms with E-state index in [0.29, 0.717) is 12.1 Å². The first-order chi connectivity index (χ1) is 9.81. The zero-order chi connectivity index (χ0) is 15.6. The molecule has 0 bridgehead atoms. The smallest absolute Gasteiger partial charge is 0.303 e. The number of alkyl halides is 3. The molecule has 1 atom stereocenters. The van der Waals surface area contributed by atoms with Crippen LogP contribution >= 0.6 is 0 Å². The van der Waals surface area contributed by atoms with Crippen molar-refractivity contribution < 1.29 is 22.0 Å². The Balaban J connectivity index is 2.56. The summed E-state index contributed by atoms with van der Waals surface area (Å²) in [5.41, 5.74) is 3.20. The second-order valence-electron chi connectivity index (χ2n) is 4.19. The Morgan fingerprint density at radius 1 is 1.05 bits per heavy atom. The molecule has 0 saturated heterocycles. The maximum Gasteiger partial charge on any atom is 0.416 e. The molecule has 1 aliphatic rings. The van der Waals surface area contributed by atoms with E-state index in [9.17, 15) is 22.0 Å². The molecule has 0 aliphatic heterocycles. The fourth-order valence-corrected chi connectivity index (χ4v) is 1.80. The fourth-order valence-electron chi connectivity index (χ4n) is 1.80. The monoisotopic (exact) mass is 295 g/mol. The zero-order valence-corrected chi connectivity index (χ0v) is 10.3. The molecule has 0 saturated carbocycles. The summed E-state index contributed by atoms with van der Waals surface area (Å²) >= 11 is 0. The van der Waals surface area contributed by atoms with Crippen LogP contribution in [0.25, 0.3) is 4.85 Å². The van der Waals surface area contributed by atoms with Gasteiger partial charge in [-0.2, -0.15) is 17.6 Å². The molecule has 0 radical (unpaired) electrons. The summed E-state index contributed by atoms with van der Waals surface area (Å²) in [4.78, 5) is 3.16. The van der Waals surface area contributed by atoms with E-state index in [0.717, 1.165) is 12.1 Å². The molecule has 6 heteroatoms. The van der Waals surface area contributed by atoms with E-state index in [-0.39, 0.29) is 11.1 Å². The first-order valence-corrected chi connectivity index (χ1v) is 5.65. The van der Waals surface area contributed by atoms with E-state index in [4.69, 9.17) is 6.57 Å². The van der Waals surface area contributed by atoms with Crippen molar-refractivity contribution >= 4 is 0 Å². The molecule has 0 spiro atoms. The van der Waals surface area contributed by atoms with Gasteiger partial charge in [-0.3, -0.25) is 0 Å². The Morgan fingerprint density at radius 3 is 2.29 bits per heavy atom. The SMILES string of the molecule is [C-]#[N+]C(C1=C=C=C(F)C=C1)c1cc(F)cc(C(F)(F)F)c1. The van der Waals surface area contributed by atoms with Gasteiger partial charge in [0.25, 0.3) is 6.04 Å². The molecule has 0 amide bonds. The number of allylic oxidation sites excluding steroid dienone is 2. The molecular formula is C15H6F5N. The molecular weight excluding hydrogens is 289 g/mol. The highest BCUT2D eigenvalue weighted by Crippen LogP contribution is 2.34. The molecule has 2 rings (SSSR count). The Kier molecular flexibility index (Phi) is 3.82. The lowest BCUT2D eigenvalue weighted by atomic mass is 9.96. The van der Waals surface area contributed by atoms with Crippen LogP contribution in [0.2, 0.25) is 0 Å². The minimum absolute atomic E-state index is 0.116. The van der Waals surface area contributed by atoms with Crippen LogP contribution in [0.15, 0.2) is 53.2 Å². The van der Waals surface area contributed by atoms with E-state index in [1.54, 1.807) is 0 Å². The molecule has 21 heavy (non-hydrogen) atoms. The minimum Gasteiger partial charge on any atom is -0.303 e. The van der Waals surface area contributed by atoms with Gasteiger partial charge in [-0.15, -0.1) is 0 Å². The Hall–Kier alpha value is -2.60. The van der Waals surface area contributed by atoms with Crippen LogP contribution in [0.1, 0.15) is 17.2 Å². The lowest BCUT2D eigenvalue weighted by Crippen LogP contribution is -2.08. The fraction of sp³-hybridized carbons (Fsp3) is 0.133. The van der Waals surface area contributed by atoms with Gasteiger partial charge in [0.15, 0.2) is 5.83 Å². The van der Waals surface area contributed by atoms with Crippen LogP contribution in [0.4, 0.5) is 22.0 Å². The third-order valence-electron chi connectivity index (χ3n) is 2.72. The van der Waals surface area contributed by atoms with Crippen LogP contribution in [0.3, 0.4) is 0 Å². The standard InChI is InChI=1S/C15H6F5N/c1-21-14(9-2-4-12(16)5-3-9)10-6-11(15(18,19)20)8-13(17)7-10/h2,4,6-8,14H. The van der Waals surface area contributed by atoms with Gasteiger partial charge < -0.3 is 4.85 Å². The third kappa shape index (κ3) is 3.29. The Bertz CT molecular complexity index is 751. The summed E-state index contributed by atoms with van der Waals surface area (Å²) < 4.78 is 64.1. The minimum atomic E-state index is -4.72. The number of nitrogens with zero attached hydrogens (tertiary/aromatic N) is 1. The summed E-state index contributed by atoms with van der Waals surface area (Å²) in [6, 6.07) is 0.682. The summed E-state index contributed by atoms with van der Waals surface area (Å²) in [6.45, 7) is 7.08. The topological polar surface area (TPSA) is 4.36 Å². The van der Waals surface area contributed by atoms with Gasteiger partial charge in [0.2, 0.25) is 0 Å². The molecule has 106 valence electrons. The summed E-state index contributed by atoms with van der Waals surface area (Å²) in [5, 5.41) is 0. The van der Waals surface area contributed by atoms with Gasteiger partial charge in [-0.1, -0.05) is 5.73 Å². The lowest BCUT2D eigenvalue weighted by Gasteiger charge is -2.11. The highest BCUT2D eigenvalue weighted by molar-refractivity contribution is 5.42. The van der Waals surface area contributed by atoms with Crippen LogP contribution in [-0.2, 0) is 6.18 Å². The highest BCUT2D eigenvalue weighted by Gasteiger charge is 2.33. The number of hydrogen-bond donors (Lipinski definition) is 0. The van der Waals surface area contributed by atoms with Crippen molar-refractivity contribution in [2.24, 2.45) is 0 Å². The summed E-state index contributed by atoms with van der Waals surface area (Å²) in [5.74, 6) is -1.81. The first kappa shape index (κ1) is 14.8. The second kappa shape index (κ2) is 5.41. The van der Waals surface area contributed by atoms with Crippen LogP contribution in [0, 0.1) is 12.4 Å². The molecule has 1 nitrogen and oxygen atoms in total. The van der Waals surface area contributed by atoms with E-state index in [1.165, 1.54) is 6.08 Å². The van der Waals surface area contributed by atoms with Gasteiger partial charge in [-0.25, -0.2) is 11.0 Å². The van der Waals surface area contributed by atoms with Crippen molar-refractivity contribution in [3.8, 4) is 0 Å². The average molecular weight is 295 g/mol. The molecule has 1 aliphatic carbocycles. The normalized spacial score (nSPS) is 15.2. The van der Waals surface area contributed by atoms with Crippen LogP contribution in [0.5, 0.6) is 0 Å². The average Bonchev–Trinajstić information content (AvgIpc) is 2.40. The van der Waals surface area contributed by atoms with Gasteiger partial charge in [0.1, 0.15) is 5.82 Å². The van der Waals surface area contributed by atoms with Crippen molar-refractivity contribution in [1.29, 1.82) is 0 Å². The van der Waals surface area contributed by atoms with Crippen molar-refractivity contribution in [3.63, 3.8) is 0 Å². The van der Waals surface area contributed by atoms with E-state index < -0.39 is 29.4 Å². The summed E-state index contributed by atoms with van der Waals surface area (Å²) in [6.07, 6.45) is -2.51. The highest BCUT2D eigenvalue weighted by atomic mass is 19.4. The maximum absolute atomic E-state index is 13.4. The largest absolute Gasteiger partial charge is 0.416 e. The zero-order valence-electron chi connectivity index (χ0n) is 10.3. The van der Waals surface area contributed by atoms with Crippen molar-refractivity contribution in [2.75, 3.05) is 0 Å². The number of hydrogen-bond acceptors (Lipinski definition) is 0. The van der Waals surface area contributed by atoms with Gasteiger partial charge in [0, 0.05) is 5.56 Å². The van der Waals surface area contributed by atoms with Gasteiger partial charge in [0.05, 0.1) is 11.1 Å². The molecule has 1 aromatic carbocycles. The number of benzene rings is 1. The second-order valence-corrected chi connectivity index (χ2v) is 4.19. The number of rotatable bonds is 2. The molecule has 0 aromatic heterocycles.